The Hall–Kier alpha value is -6.72. The van der Waals surface area contributed by atoms with Crippen LogP contribution in [-0.4, -0.2) is 108 Å². The highest BCUT2D eigenvalue weighted by atomic mass is 16.3. The number of piperidine rings is 1. The number of carbonyl (C=O) groups is 4. The number of nitrogens with zero attached hydrogens (tertiary/aromatic N) is 8. The zero-order valence-electron chi connectivity index (χ0n) is 34.3. The van der Waals surface area contributed by atoms with Crippen LogP contribution in [0.1, 0.15) is 72.4 Å². The SMILES string of the molecule is C=CCn1c(=O)c2cnc(Nc3ccc(N4CCN(CCCCCNc5cccc6c5C(=O)N(C5CCC(=O)NC5=O)C6=O)CC4)cc3)nc2n1-c1cccc(C(C)(C)O)n1. The van der Waals surface area contributed by atoms with E-state index in [2.05, 4.69) is 54.4 Å². The van der Waals surface area contributed by atoms with Gasteiger partial charge in [-0.2, -0.15) is 4.98 Å². The molecule has 5 aromatic rings. The minimum Gasteiger partial charge on any atom is -0.384 e. The number of anilines is 4. The molecule has 0 bridgehead atoms. The number of benzene rings is 2. The third-order valence-corrected chi connectivity index (χ3v) is 11.4. The lowest BCUT2D eigenvalue weighted by Crippen LogP contribution is -2.54. The van der Waals surface area contributed by atoms with Gasteiger partial charge in [0.25, 0.3) is 17.4 Å². The number of rotatable bonds is 15. The van der Waals surface area contributed by atoms with Crippen molar-refractivity contribution in [1.82, 2.24) is 39.4 Å². The molecule has 17 nitrogen and oxygen atoms in total. The van der Waals surface area contributed by atoms with E-state index >= 15 is 0 Å². The normalized spacial score (nSPS) is 17.2. The Morgan fingerprint density at radius 3 is 2.43 bits per heavy atom. The fourth-order valence-corrected chi connectivity index (χ4v) is 8.13. The summed E-state index contributed by atoms with van der Waals surface area (Å²) < 4.78 is 3.13. The van der Waals surface area contributed by atoms with E-state index < -0.39 is 35.3 Å². The third kappa shape index (κ3) is 8.38. The average Bonchev–Trinajstić information content (AvgIpc) is 3.67. The number of imide groups is 2. The van der Waals surface area contributed by atoms with Crippen LogP contribution < -0.4 is 26.4 Å². The lowest BCUT2D eigenvalue weighted by atomic mass is 10.0. The highest BCUT2D eigenvalue weighted by molar-refractivity contribution is 6.25. The predicted octanol–water partition coefficient (Wildman–Crippen LogP) is 3.94. The van der Waals surface area contributed by atoms with Crippen molar-refractivity contribution in [3.05, 3.63) is 107 Å². The molecule has 6 heterocycles. The first-order valence-corrected chi connectivity index (χ1v) is 20.6. The monoisotopic (exact) mass is 827 g/mol. The zero-order chi connectivity index (χ0) is 42.8. The second-order valence-electron chi connectivity index (χ2n) is 16.0. The van der Waals surface area contributed by atoms with Crippen LogP contribution in [0.2, 0.25) is 0 Å². The summed E-state index contributed by atoms with van der Waals surface area (Å²) in [6, 6.07) is 17.5. The van der Waals surface area contributed by atoms with E-state index in [1.54, 1.807) is 61.0 Å². The molecule has 0 spiro atoms. The van der Waals surface area contributed by atoms with Crippen molar-refractivity contribution in [3.8, 4) is 5.82 Å². The van der Waals surface area contributed by atoms with Gasteiger partial charge in [0.05, 0.1) is 23.4 Å². The topological polar surface area (TPSA) is 200 Å². The van der Waals surface area contributed by atoms with Gasteiger partial charge >= 0.3 is 0 Å². The quantitative estimate of drug-likeness (QED) is 0.0673. The van der Waals surface area contributed by atoms with Gasteiger partial charge in [0, 0.05) is 62.4 Å². The number of hydrogen-bond acceptors (Lipinski definition) is 13. The van der Waals surface area contributed by atoms with Gasteiger partial charge in [-0.15, -0.1) is 6.58 Å². The van der Waals surface area contributed by atoms with Crippen molar-refractivity contribution in [2.45, 2.75) is 64.1 Å². The van der Waals surface area contributed by atoms with Crippen LogP contribution in [0.4, 0.5) is 23.0 Å². The van der Waals surface area contributed by atoms with Gasteiger partial charge in [0.2, 0.25) is 17.8 Å². The van der Waals surface area contributed by atoms with Gasteiger partial charge in [-0.1, -0.05) is 24.6 Å². The van der Waals surface area contributed by atoms with Crippen LogP contribution in [0.25, 0.3) is 16.9 Å². The lowest BCUT2D eigenvalue weighted by molar-refractivity contribution is -0.136. The van der Waals surface area contributed by atoms with Crippen LogP contribution in [0.15, 0.2) is 84.3 Å². The Labute approximate surface area is 352 Å². The first-order valence-electron chi connectivity index (χ1n) is 20.6. The van der Waals surface area contributed by atoms with E-state index in [1.807, 2.05) is 12.1 Å². The summed E-state index contributed by atoms with van der Waals surface area (Å²) in [6.45, 7) is 12.7. The zero-order valence-corrected chi connectivity index (χ0v) is 34.3. The number of nitrogens with one attached hydrogen (secondary N) is 3. The standard InChI is InChI=1S/C44H49N11O6/c1-4-21-53-40(58)31-27-46-43(50-38(31)55(53)35-13-9-12-34(48-35)44(2,3)61)47-28-14-16-29(17-15-28)52-25-23-51(24-26-52)22-7-5-6-20-45-32-11-8-10-30-37(32)42(60)54(41(30)59)33-18-19-36(56)49-39(33)57/h4,8-17,27,33,45,61H,1,5-7,18-26H2,2-3H3,(H,46,47,50)(H,49,56,57). The molecule has 4 amide bonds. The summed E-state index contributed by atoms with van der Waals surface area (Å²) in [4.78, 5) is 83.6. The number of unbranched alkanes of at least 4 members (excludes halogenated alkanes) is 2. The molecular weight excluding hydrogens is 779 g/mol. The fourth-order valence-electron chi connectivity index (χ4n) is 8.13. The summed E-state index contributed by atoms with van der Waals surface area (Å²) in [7, 11) is 0. The second-order valence-corrected chi connectivity index (χ2v) is 16.0. The Balaban J connectivity index is 0.809. The predicted molar refractivity (Wildman–Crippen MR) is 230 cm³/mol. The maximum Gasteiger partial charge on any atom is 0.278 e. The van der Waals surface area contributed by atoms with Crippen molar-refractivity contribution < 1.29 is 24.3 Å². The number of fused-ring (bicyclic) bond motifs is 2. The number of allylic oxidation sites excluding steroid dienone is 1. The second kappa shape index (κ2) is 17.1. The number of piperazine rings is 1. The summed E-state index contributed by atoms with van der Waals surface area (Å²) in [5, 5.41) is 19.8. The van der Waals surface area contributed by atoms with Crippen LogP contribution in [0.3, 0.4) is 0 Å². The van der Waals surface area contributed by atoms with Crippen LogP contribution in [0.5, 0.6) is 0 Å². The van der Waals surface area contributed by atoms with Gasteiger partial charge in [-0.05, 0) is 88.2 Å². The molecule has 1 atom stereocenters. The van der Waals surface area contributed by atoms with Gasteiger partial charge in [0.15, 0.2) is 11.5 Å². The Bertz CT molecular complexity index is 2570. The van der Waals surface area contributed by atoms with Crippen molar-refractivity contribution in [2.24, 2.45) is 0 Å². The molecule has 0 radical (unpaired) electrons. The Kier molecular flexibility index (Phi) is 11.5. The third-order valence-electron chi connectivity index (χ3n) is 11.4. The molecule has 3 aliphatic rings. The smallest absolute Gasteiger partial charge is 0.278 e. The summed E-state index contributed by atoms with van der Waals surface area (Å²) in [5.41, 5.74) is 2.42. The van der Waals surface area contributed by atoms with Crippen molar-refractivity contribution in [2.75, 3.05) is 54.8 Å². The van der Waals surface area contributed by atoms with Crippen LogP contribution in [0, 0.1) is 0 Å². The minimum atomic E-state index is -1.18. The number of amides is 4. The number of aliphatic hydroxyl groups is 1. The molecule has 4 N–H and O–H groups in total. The molecule has 2 fully saturated rings. The van der Waals surface area contributed by atoms with E-state index in [4.69, 9.17) is 4.98 Å². The molecule has 61 heavy (non-hydrogen) atoms. The van der Waals surface area contributed by atoms with Crippen molar-refractivity contribution >= 4 is 57.7 Å². The van der Waals surface area contributed by atoms with Gasteiger partial charge < -0.3 is 20.6 Å². The molecule has 1 unspecified atom stereocenters. The van der Waals surface area contributed by atoms with E-state index in [1.165, 1.54) is 10.9 Å². The Morgan fingerprint density at radius 2 is 1.69 bits per heavy atom. The molecular formula is C44H49N11O6. The first kappa shape index (κ1) is 41.0. The summed E-state index contributed by atoms with van der Waals surface area (Å²) >= 11 is 0. The number of carbonyl (C=O) groups excluding carboxylic acids is 4. The van der Waals surface area contributed by atoms with Crippen LogP contribution >= 0.6 is 0 Å². The molecule has 2 aromatic carbocycles. The van der Waals surface area contributed by atoms with E-state index in [9.17, 15) is 29.1 Å². The maximum absolute atomic E-state index is 13.4. The Morgan fingerprint density at radius 1 is 0.918 bits per heavy atom. The van der Waals surface area contributed by atoms with Gasteiger partial charge in [0.1, 0.15) is 17.0 Å². The van der Waals surface area contributed by atoms with E-state index in [-0.39, 0.29) is 36.1 Å². The summed E-state index contributed by atoms with van der Waals surface area (Å²) in [5.74, 6) is -1.29. The van der Waals surface area contributed by atoms with E-state index in [0.717, 1.165) is 68.3 Å². The molecule has 316 valence electrons. The molecule has 0 aliphatic carbocycles. The van der Waals surface area contributed by atoms with Crippen LogP contribution in [-0.2, 0) is 21.7 Å². The summed E-state index contributed by atoms with van der Waals surface area (Å²) in [6.07, 6.45) is 6.25. The molecule has 8 rings (SSSR count). The number of hydrogen-bond donors (Lipinski definition) is 4. The van der Waals surface area contributed by atoms with Crippen molar-refractivity contribution in [1.29, 1.82) is 0 Å². The number of pyridine rings is 1. The fraction of sp³-hybridized carbons (Fsp3) is 0.364. The van der Waals surface area contributed by atoms with Gasteiger partial charge in [-0.25, -0.2) is 19.3 Å². The molecule has 3 aliphatic heterocycles. The van der Waals surface area contributed by atoms with Gasteiger partial charge in [-0.3, -0.25) is 39.1 Å². The van der Waals surface area contributed by atoms with Crippen molar-refractivity contribution in [3.63, 3.8) is 0 Å². The molecule has 0 saturated carbocycles. The van der Waals surface area contributed by atoms with E-state index in [0.29, 0.717) is 40.7 Å². The molecule has 3 aromatic heterocycles. The maximum atomic E-state index is 13.4. The highest BCUT2D eigenvalue weighted by Crippen LogP contribution is 2.32. The average molecular weight is 828 g/mol. The lowest BCUT2D eigenvalue weighted by Gasteiger charge is -2.36. The largest absolute Gasteiger partial charge is 0.384 e. The molecule has 2 saturated heterocycles. The number of aromatic nitrogens is 5. The first-order chi connectivity index (χ1) is 29.4. The highest BCUT2D eigenvalue weighted by Gasteiger charge is 2.45. The minimum absolute atomic E-state index is 0.0801. The molecule has 17 heteroatoms.